The molecule has 1 aliphatic heterocycles. The molecule has 2 heterocycles. The van der Waals surface area contributed by atoms with Crippen molar-refractivity contribution in [3.8, 4) is 0 Å². The number of nitrogens with zero attached hydrogens (tertiary/aromatic N) is 4. The predicted octanol–water partition coefficient (Wildman–Crippen LogP) is 0.930. The van der Waals surface area contributed by atoms with Gasteiger partial charge in [-0.3, -0.25) is 0 Å². The van der Waals surface area contributed by atoms with Crippen molar-refractivity contribution in [2.45, 2.75) is 31.0 Å². The molecule has 0 spiro atoms. The standard InChI is InChI=1S/C15H20N4O3S/c1-2-19-16-11-15(17-19)23(20,21)18-8-9-22-14(12-18)10-13-6-4-3-5-7-13/h3-7,11,14H,2,8-10,12H2,1H3. The Morgan fingerprint density at radius 2 is 2.09 bits per heavy atom. The van der Waals surface area contributed by atoms with Crippen LogP contribution in [0.5, 0.6) is 0 Å². The van der Waals surface area contributed by atoms with Crippen molar-refractivity contribution in [2.24, 2.45) is 0 Å². The molecule has 8 heteroatoms. The summed E-state index contributed by atoms with van der Waals surface area (Å²) < 4.78 is 32.5. The fourth-order valence-corrected chi connectivity index (χ4v) is 3.92. The van der Waals surface area contributed by atoms with Crippen LogP contribution in [0.4, 0.5) is 0 Å². The van der Waals surface area contributed by atoms with E-state index in [4.69, 9.17) is 4.74 Å². The molecule has 1 atom stereocenters. The van der Waals surface area contributed by atoms with Gasteiger partial charge in [0.05, 0.1) is 25.5 Å². The van der Waals surface area contributed by atoms with Crippen LogP contribution in [0.25, 0.3) is 0 Å². The number of sulfonamides is 1. The average Bonchev–Trinajstić information content (AvgIpc) is 3.06. The lowest BCUT2D eigenvalue weighted by Crippen LogP contribution is -2.46. The van der Waals surface area contributed by atoms with Gasteiger partial charge in [0.2, 0.25) is 5.03 Å². The van der Waals surface area contributed by atoms with Gasteiger partial charge in [-0.1, -0.05) is 30.3 Å². The van der Waals surface area contributed by atoms with Crippen LogP contribution in [-0.2, 0) is 27.7 Å². The highest BCUT2D eigenvalue weighted by molar-refractivity contribution is 7.89. The Balaban J connectivity index is 1.72. The van der Waals surface area contributed by atoms with Gasteiger partial charge in [-0.05, 0) is 18.9 Å². The lowest BCUT2D eigenvalue weighted by atomic mass is 10.1. The number of aryl methyl sites for hydroxylation is 1. The highest BCUT2D eigenvalue weighted by Crippen LogP contribution is 2.18. The van der Waals surface area contributed by atoms with Crippen molar-refractivity contribution in [3.05, 3.63) is 42.1 Å². The second-order valence-electron chi connectivity index (χ2n) is 5.42. The Morgan fingerprint density at radius 1 is 1.30 bits per heavy atom. The molecule has 1 aromatic heterocycles. The number of rotatable bonds is 5. The minimum Gasteiger partial charge on any atom is -0.375 e. The van der Waals surface area contributed by atoms with Gasteiger partial charge in [-0.25, -0.2) is 8.42 Å². The Kier molecular flexibility index (Phi) is 4.74. The number of hydrogen-bond donors (Lipinski definition) is 0. The van der Waals surface area contributed by atoms with Crippen LogP contribution in [0.2, 0.25) is 0 Å². The zero-order chi connectivity index (χ0) is 16.3. The summed E-state index contributed by atoms with van der Waals surface area (Å²) in [5.41, 5.74) is 1.13. The van der Waals surface area contributed by atoms with E-state index < -0.39 is 10.0 Å². The molecule has 1 unspecified atom stereocenters. The molecule has 1 saturated heterocycles. The number of morpholine rings is 1. The minimum absolute atomic E-state index is 0.000267. The molecule has 1 aromatic carbocycles. The Labute approximate surface area is 135 Å². The molecular formula is C15H20N4O3S. The first-order valence-electron chi connectivity index (χ1n) is 7.65. The summed E-state index contributed by atoms with van der Waals surface area (Å²) in [5, 5.41) is 7.97. The molecule has 3 rings (SSSR count). The van der Waals surface area contributed by atoms with Crippen molar-refractivity contribution < 1.29 is 13.2 Å². The van der Waals surface area contributed by atoms with E-state index in [1.54, 1.807) is 0 Å². The van der Waals surface area contributed by atoms with Crippen molar-refractivity contribution in [3.63, 3.8) is 0 Å². The minimum atomic E-state index is -3.62. The lowest BCUT2D eigenvalue weighted by molar-refractivity contribution is -0.000571. The summed E-state index contributed by atoms with van der Waals surface area (Å²) in [6.45, 7) is 3.46. The lowest BCUT2D eigenvalue weighted by Gasteiger charge is -2.31. The molecule has 0 radical (unpaired) electrons. The maximum absolute atomic E-state index is 12.7. The number of hydrogen-bond acceptors (Lipinski definition) is 5. The molecule has 0 aliphatic carbocycles. The van der Waals surface area contributed by atoms with Gasteiger partial charge in [0.1, 0.15) is 0 Å². The van der Waals surface area contributed by atoms with E-state index in [9.17, 15) is 8.42 Å². The molecule has 0 saturated carbocycles. The monoisotopic (exact) mass is 336 g/mol. The average molecular weight is 336 g/mol. The normalized spacial score (nSPS) is 19.8. The fraction of sp³-hybridized carbons (Fsp3) is 0.467. The summed E-state index contributed by atoms with van der Waals surface area (Å²) in [6, 6.07) is 9.93. The Morgan fingerprint density at radius 3 is 2.78 bits per heavy atom. The maximum Gasteiger partial charge on any atom is 0.264 e. The van der Waals surface area contributed by atoms with E-state index in [1.807, 2.05) is 37.3 Å². The van der Waals surface area contributed by atoms with Gasteiger partial charge in [-0.15, -0.1) is 5.10 Å². The Bertz CT molecular complexity index is 745. The third-order valence-electron chi connectivity index (χ3n) is 3.81. The van der Waals surface area contributed by atoms with Crippen molar-refractivity contribution in [2.75, 3.05) is 19.7 Å². The first-order chi connectivity index (χ1) is 11.1. The van der Waals surface area contributed by atoms with Crippen LogP contribution < -0.4 is 0 Å². The maximum atomic E-state index is 12.7. The SMILES string of the molecule is CCn1ncc(S(=O)(=O)N2CCOC(Cc3ccccc3)C2)n1. The summed E-state index contributed by atoms with van der Waals surface area (Å²) >= 11 is 0. The quantitative estimate of drug-likeness (QED) is 0.812. The zero-order valence-corrected chi connectivity index (χ0v) is 13.8. The first kappa shape index (κ1) is 16.1. The topological polar surface area (TPSA) is 77.3 Å². The van der Waals surface area contributed by atoms with Gasteiger partial charge in [0.25, 0.3) is 10.0 Å². The van der Waals surface area contributed by atoms with Gasteiger partial charge in [-0.2, -0.15) is 14.2 Å². The molecule has 1 aliphatic rings. The summed E-state index contributed by atoms with van der Waals surface area (Å²) in [6.07, 6.45) is 1.84. The van der Waals surface area contributed by atoms with E-state index in [0.717, 1.165) is 5.56 Å². The van der Waals surface area contributed by atoms with Gasteiger partial charge < -0.3 is 4.74 Å². The smallest absolute Gasteiger partial charge is 0.264 e. The largest absolute Gasteiger partial charge is 0.375 e. The van der Waals surface area contributed by atoms with Crippen LogP contribution in [0.3, 0.4) is 0 Å². The second kappa shape index (κ2) is 6.77. The van der Waals surface area contributed by atoms with Crippen LogP contribution in [-0.4, -0.2) is 53.5 Å². The molecule has 2 aromatic rings. The van der Waals surface area contributed by atoms with Crippen LogP contribution in [0.1, 0.15) is 12.5 Å². The van der Waals surface area contributed by atoms with E-state index in [1.165, 1.54) is 15.3 Å². The highest BCUT2D eigenvalue weighted by atomic mass is 32.2. The molecule has 0 N–H and O–H groups in total. The van der Waals surface area contributed by atoms with E-state index >= 15 is 0 Å². The molecule has 0 amide bonds. The molecule has 1 fully saturated rings. The Hall–Kier alpha value is -1.77. The van der Waals surface area contributed by atoms with Crippen LogP contribution >= 0.6 is 0 Å². The summed E-state index contributed by atoms with van der Waals surface area (Å²) in [4.78, 5) is 1.37. The molecule has 7 nitrogen and oxygen atoms in total. The van der Waals surface area contributed by atoms with Gasteiger partial charge in [0.15, 0.2) is 0 Å². The summed E-state index contributed by atoms with van der Waals surface area (Å²) in [5.74, 6) is 0. The van der Waals surface area contributed by atoms with Crippen LogP contribution in [0.15, 0.2) is 41.6 Å². The molecule has 124 valence electrons. The highest BCUT2D eigenvalue weighted by Gasteiger charge is 2.32. The van der Waals surface area contributed by atoms with Gasteiger partial charge in [0, 0.05) is 13.1 Å². The molecule has 23 heavy (non-hydrogen) atoms. The van der Waals surface area contributed by atoms with Crippen molar-refractivity contribution in [1.29, 1.82) is 0 Å². The third kappa shape index (κ3) is 3.60. The van der Waals surface area contributed by atoms with Gasteiger partial charge >= 0.3 is 0 Å². The van der Waals surface area contributed by atoms with Crippen molar-refractivity contribution >= 4 is 10.0 Å². The predicted molar refractivity (Wildman–Crippen MR) is 84.3 cm³/mol. The first-order valence-corrected chi connectivity index (χ1v) is 9.09. The molecule has 0 bridgehead atoms. The van der Waals surface area contributed by atoms with Crippen molar-refractivity contribution in [1.82, 2.24) is 19.3 Å². The van der Waals surface area contributed by atoms with Crippen LogP contribution in [0, 0.1) is 0 Å². The third-order valence-corrected chi connectivity index (χ3v) is 5.54. The zero-order valence-electron chi connectivity index (χ0n) is 13.0. The summed E-state index contributed by atoms with van der Waals surface area (Å²) in [7, 11) is -3.62. The number of aromatic nitrogens is 3. The van der Waals surface area contributed by atoms with E-state index in [-0.39, 0.29) is 11.1 Å². The molecular weight excluding hydrogens is 316 g/mol. The number of benzene rings is 1. The number of ether oxygens (including phenoxy) is 1. The van der Waals surface area contributed by atoms with E-state index in [0.29, 0.717) is 32.7 Å². The second-order valence-corrected chi connectivity index (χ2v) is 7.30. The fourth-order valence-electron chi connectivity index (χ4n) is 2.60. The van der Waals surface area contributed by atoms with E-state index in [2.05, 4.69) is 10.2 Å².